The highest BCUT2D eigenvalue weighted by atomic mass is 16.1. The molecule has 2 heterocycles. The fourth-order valence-corrected chi connectivity index (χ4v) is 3.04. The van der Waals surface area contributed by atoms with Crippen molar-refractivity contribution in [3.8, 4) is 5.82 Å². The van der Waals surface area contributed by atoms with E-state index in [-0.39, 0.29) is 5.91 Å². The number of aromatic nitrogens is 3. The average Bonchev–Trinajstić information content (AvgIpc) is 3.10. The molecule has 0 bridgehead atoms. The Morgan fingerprint density at radius 2 is 1.90 bits per heavy atom. The molecule has 5 nitrogen and oxygen atoms in total. The molecule has 1 aliphatic carbocycles. The Bertz CT molecular complexity index is 606. The van der Waals surface area contributed by atoms with Gasteiger partial charge in [0.2, 0.25) is 0 Å². The summed E-state index contributed by atoms with van der Waals surface area (Å²) in [6, 6.07) is 4.18. The predicted molar refractivity (Wildman–Crippen MR) is 81.4 cm³/mol. The maximum Gasteiger partial charge on any atom is 0.256 e. The third-order valence-electron chi connectivity index (χ3n) is 4.35. The van der Waals surface area contributed by atoms with E-state index in [0.717, 1.165) is 24.6 Å². The molecule has 0 unspecified atom stereocenters. The van der Waals surface area contributed by atoms with Gasteiger partial charge in [0.05, 0.1) is 6.20 Å². The van der Waals surface area contributed by atoms with Crippen molar-refractivity contribution in [3.63, 3.8) is 0 Å². The van der Waals surface area contributed by atoms with Crippen LogP contribution in [0.25, 0.3) is 5.82 Å². The van der Waals surface area contributed by atoms with E-state index in [0.29, 0.717) is 11.6 Å². The summed E-state index contributed by atoms with van der Waals surface area (Å²) in [6.07, 6.45) is 10.0. The molecule has 0 atom stereocenters. The zero-order valence-corrected chi connectivity index (χ0v) is 12.6. The normalized spacial score (nSPS) is 22.2. The minimum Gasteiger partial charge on any atom is -0.349 e. The minimum atomic E-state index is -0.0219. The molecule has 0 saturated heterocycles. The quantitative estimate of drug-likeness (QED) is 0.942. The molecule has 1 aliphatic rings. The number of hydrogen-bond donors (Lipinski definition) is 1. The highest BCUT2D eigenvalue weighted by molar-refractivity contribution is 5.97. The molecule has 1 fully saturated rings. The summed E-state index contributed by atoms with van der Waals surface area (Å²) in [5.74, 6) is 1.57. The van der Waals surface area contributed by atoms with Gasteiger partial charge in [-0.15, -0.1) is 0 Å². The van der Waals surface area contributed by atoms with Crippen molar-refractivity contribution in [3.05, 3.63) is 36.3 Å². The molecule has 5 heteroatoms. The fraction of sp³-hybridized carbons (Fsp3) is 0.500. The molecule has 1 amide bonds. The molecule has 1 saturated carbocycles. The Hall–Kier alpha value is -2.04. The van der Waals surface area contributed by atoms with Crippen molar-refractivity contribution in [2.75, 3.05) is 0 Å². The first-order chi connectivity index (χ1) is 10.1. The van der Waals surface area contributed by atoms with Crippen LogP contribution in [0.3, 0.4) is 0 Å². The van der Waals surface area contributed by atoms with Gasteiger partial charge in [0.25, 0.3) is 5.91 Å². The van der Waals surface area contributed by atoms with Gasteiger partial charge in [-0.25, -0.2) is 0 Å². The Labute approximate surface area is 125 Å². The van der Waals surface area contributed by atoms with Crippen molar-refractivity contribution < 1.29 is 4.79 Å². The van der Waals surface area contributed by atoms with Gasteiger partial charge in [0.15, 0.2) is 0 Å². The van der Waals surface area contributed by atoms with Crippen LogP contribution in [-0.4, -0.2) is 26.3 Å². The smallest absolute Gasteiger partial charge is 0.256 e. The summed E-state index contributed by atoms with van der Waals surface area (Å²) >= 11 is 0. The van der Waals surface area contributed by atoms with E-state index in [2.05, 4.69) is 17.3 Å². The summed E-state index contributed by atoms with van der Waals surface area (Å²) in [6.45, 7) is 2.28. The van der Waals surface area contributed by atoms with E-state index >= 15 is 0 Å². The maximum atomic E-state index is 12.5. The number of carbonyl (C=O) groups is 1. The molecule has 1 N–H and O–H groups in total. The van der Waals surface area contributed by atoms with Gasteiger partial charge in [-0.1, -0.05) is 6.92 Å². The standard InChI is InChI=1S/C16H22N4O/c1-12-5-7-13(8-6-12)18-15(21)14-11-17-19(2)16(14)20-9-3-4-10-20/h3-4,9-13H,5-8H2,1-2H3,(H,18,21). The third kappa shape index (κ3) is 2.86. The zero-order valence-electron chi connectivity index (χ0n) is 12.6. The first-order valence-corrected chi connectivity index (χ1v) is 7.61. The van der Waals surface area contributed by atoms with Crippen molar-refractivity contribution in [2.45, 2.75) is 38.6 Å². The Morgan fingerprint density at radius 3 is 2.57 bits per heavy atom. The highest BCUT2D eigenvalue weighted by Crippen LogP contribution is 2.24. The van der Waals surface area contributed by atoms with Crippen LogP contribution in [0.5, 0.6) is 0 Å². The molecular formula is C16H22N4O. The number of hydrogen-bond acceptors (Lipinski definition) is 2. The fourth-order valence-electron chi connectivity index (χ4n) is 3.04. The topological polar surface area (TPSA) is 51.9 Å². The molecule has 3 rings (SSSR count). The van der Waals surface area contributed by atoms with Gasteiger partial charge < -0.3 is 9.88 Å². The van der Waals surface area contributed by atoms with E-state index in [1.54, 1.807) is 10.9 Å². The summed E-state index contributed by atoms with van der Waals surface area (Å²) in [4.78, 5) is 12.5. The van der Waals surface area contributed by atoms with Gasteiger partial charge in [-0.3, -0.25) is 9.48 Å². The van der Waals surface area contributed by atoms with Crippen molar-refractivity contribution in [1.29, 1.82) is 0 Å². The predicted octanol–water partition coefficient (Wildman–Crippen LogP) is 2.52. The van der Waals surface area contributed by atoms with Crippen LogP contribution < -0.4 is 5.32 Å². The first-order valence-electron chi connectivity index (χ1n) is 7.61. The Kier molecular flexibility index (Phi) is 3.82. The molecule has 2 aromatic rings. The Morgan fingerprint density at radius 1 is 1.24 bits per heavy atom. The summed E-state index contributed by atoms with van der Waals surface area (Å²) in [5.41, 5.74) is 0.632. The van der Waals surface area contributed by atoms with Crippen LogP contribution in [0, 0.1) is 5.92 Å². The number of aryl methyl sites for hydroxylation is 1. The third-order valence-corrected chi connectivity index (χ3v) is 4.35. The van der Waals surface area contributed by atoms with E-state index in [1.165, 1.54) is 12.8 Å². The Balaban J connectivity index is 1.76. The van der Waals surface area contributed by atoms with E-state index in [4.69, 9.17) is 0 Å². The van der Waals surface area contributed by atoms with Gasteiger partial charge in [-0.2, -0.15) is 5.10 Å². The van der Waals surface area contributed by atoms with E-state index < -0.39 is 0 Å². The van der Waals surface area contributed by atoms with Crippen LogP contribution in [0.15, 0.2) is 30.7 Å². The molecule has 21 heavy (non-hydrogen) atoms. The zero-order chi connectivity index (χ0) is 14.8. The number of carbonyl (C=O) groups excluding carboxylic acids is 1. The summed E-state index contributed by atoms with van der Waals surface area (Å²) in [5, 5.41) is 7.40. The molecule has 0 aliphatic heterocycles. The lowest BCUT2D eigenvalue weighted by atomic mass is 9.87. The first kappa shape index (κ1) is 13.9. The highest BCUT2D eigenvalue weighted by Gasteiger charge is 2.23. The lowest BCUT2D eigenvalue weighted by Crippen LogP contribution is -2.37. The minimum absolute atomic E-state index is 0.0219. The number of nitrogens with zero attached hydrogens (tertiary/aromatic N) is 3. The molecule has 0 radical (unpaired) electrons. The molecular weight excluding hydrogens is 264 g/mol. The van der Waals surface area contributed by atoms with E-state index in [9.17, 15) is 4.79 Å². The van der Waals surface area contributed by atoms with Crippen molar-refractivity contribution in [1.82, 2.24) is 19.7 Å². The van der Waals surface area contributed by atoms with Crippen LogP contribution in [-0.2, 0) is 7.05 Å². The second-order valence-electron chi connectivity index (χ2n) is 6.03. The van der Waals surface area contributed by atoms with Gasteiger partial charge >= 0.3 is 0 Å². The van der Waals surface area contributed by atoms with E-state index in [1.807, 2.05) is 36.1 Å². The largest absolute Gasteiger partial charge is 0.349 e. The summed E-state index contributed by atoms with van der Waals surface area (Å²) in [7, 11) is 1.86. The SMILES string of the molecule is CC1CCC(NC(=O)c2cnn(C)c2-n2cccc2)CC1. The second-order valence-corrected chi connectivity index (χ2v) is 6.03. The van der Waals surface area contributed by atoms with Crippen molar-refractivity contribution >= 4 is 5.91 Å². The monoisotopic (exact) mass is 286 g/mol. The second kappa shape index (κ2) is 5.76. The van der Waals surface area contributed by atoms with Gasteiger partial charge in [0.1, 0.15) is 11.4 Å². The molecule has 0 aromatic carbocycles. The molecule has 2 aromatic heterocycles. The summed E-state index contributed by atoms with van der Waals surface area (Å²) < 4.78 is 3.66. The van der Waals surface area contributed by atoms with Crippen LogP contribution in [0.1, 0.15) is 43.0 Å². The van der Waals surface area contributed by atoms with Crippen molar-refractivity contribution in [2.24, 2.45) is 13.0 Å². The van der Waals surface area contributed by atoms with Gasteiger partial charge in [-0.05, 0) is 43.7 Å². The number of nitrogens with one attached hydrogen (secondary N) is 1. The lowest BCUT2D eigenvalue weighted by molar-refractivity contribution is 0.0923. The number of amides is 1. The number of rotatable bonds is 3. The van der Waals surface area contributed by atoms with Gasteiger partial charge in [0, 0.05) is 25.5 Å². The van der Waals surface area contributed by atoms with Crippen LogP contribution >= 0.6 is 0 Å². The van der Waals surface area contributed by atoms with Crippen LogP contribution in [0.4, 0.5) is 0 Å². The average molecular weight is 286 g/mol. The molecule has 112 valence electrons. The van der Waals surface area contributed by atoms with Crippen LogP contribution in [0.2, 0.25) is 0 Å². The lowest BCUT2D eigenvalue weighted by Gasteiger charge is -2.26. The maximum absolute atomic E-state index is 12.5. The molecule has 0 spiro atoms.